The summed E-state index contributed by atoms with van der Waals surface area (Å²) in [5, 5.41) is 12.6. The van der Waals surface area contributed by atoms with Crippen molar-refractivity contribution < 1.29 is 38.6 Å². The van der Waals surface area contributed by atoms with Gasteiger partial charge in [0.25, 0.3) is 11.8 Å². The number of ether oxygens (including phenoxy) is 2. The Morgan fingerprint density at radius 3 is 2.38 bits per heavy atom. The fourth-order valence-corrected chi connectivity index (χ4v) is 5.99. The molecule has 2 fully saturated rings. The first-order chi connectivity index (χ1) is 22.7. The fraction of sp³-hybridized carbons (Fsp3) is 0.412. The predicted molar refractivity (Wildman–Crippen MR) is 171 cm³/mol. The van der Waals surface area contributed by atoms with Crippen molar-refractivity contribution >= 4 is 40.7 Å². The molecular weight excluding hydrogens is 606 g/mol. The predicted octanol–water partition coefficient (Wildman–Crippen LogP) is 3.24. The van der Waals surface area contributed by atoms with E-state index in [0.717, 1.165) is 18.4 Å². The molecule has 47 heavy (non-hydrogen) atoms. The summed E-state index contributed by atoms with van der Waals surface area (Å²) in [6, 6.07) is 17.2. The second-order valence-corrected chi connectivity index (χ2v) is 11.4. The smallest absolute Gasteiger partial charge is 0.409 e. The van der Waals surface area contributed by atoms with Crippen LogP contribution in [0.4, 0.5) is 4.79 Å². The number of nitrogens with zero attached hydrogens (tertiary/aromatic N) is 4. The molecule has 3 heterocycles. The number of piperazine rings is 1. The molecular formula is C34H39N5O8. The van der Waals surface area contributed by atoms with Gasteiger partial charge in [-0.05, 0) is 43.9 Å². The Bertz CT molecular complexity index is 1610. The number of carbonyl (C=O) groups is 5. The van der Waals surface area contributed by atoms with Gasteiger partial charge in [0.2, 0.25) is 5.91 Å². The molecule has 1 aromatic heterocycles. The van der Waals surface area contributed by atoms with Crippen LogP contribution in [0, 0.1) is 0 Å². The van der Waals surface area contributed by atoms with Gasteiger partial charge in [-0.2, -0.15) is 0 Å². The summed E-state index contributed by atoms with van der Waals surface area (Å²) in [4.78, 5) is 73.1. The second-order valence-electron chi connectivity index (χ2n) is 11.4. The van der Waals surface area contributed by atoms with Gasteiger partial charge in [0, 0.05) is 50.6 Å². The number of carboxylic acid groups (broad SMARTS) is 1. The summed E-state index contributed by atoms with van der Waals surface area (Å²) in [5.41, 5.74) is 1.48. The quantitative estimate of drug-likeness (QED) is 0.319. The third-order valence-electron chi connectivity index (χ3n) is 8.39. The number of aliphatic carboxylic acids is 1. The van der Waals surface area contributed by atoms with Gasteiger partial charge in [-0.1, -0.05) is 42.5 Å². The summed E-state index contributed by atoms with van der Waals surface area (Å²) >= 11 is 0. The van der Waals surface area contributed by atoms with Gasteiger partial charge in [-0.25, -0.2) is 9.78 Å². The van der Waals surface area contributed by atoms with Crippen molar-refractivity contribution in [3.8, 4) is 5.75 Å². The number of carbonyl (C=O) groups excluding carboxylic acids is 4. The number of likely N-dealkylation sites (tertiary alicyclic amines) is 1. The molecule has 13 nitrogen and oxygen atoms in total. The molecule has 0 saturated carbocycles. The van der Waals surface area contributed by atoms with Crippen molar-refractivity contribution in [3.63, 3.8) is 0 Å². The number of amides is 4. The highest BCUT2D eigenvalue weighted by atomic mass is 16.6. The van der Waals surface area contributed by atoms with E-state index in [0.29, 0.717) is 17.4 Å². The summed E-state index contributed by atoms with van der Waals surface area (Å²) in [6.07, 6.45) is 0.801. The number of fused-ring (bicyclic) bond motifs is 1. The standard InChI is InChI=1S/C34H39N5O8/c1-2-46-34(45)38-19-17-37(18-20-38)33(44)26(14-15-31(41)42)36-32(43)27-21-29(24-11-6-7-12-25(24)35-27)47-22-30(40)39-16-8-13-28(39)23-9-4-3-5-10-23/h3-7,9-12,21,26,28H,2,8,13-20,22H2,1H3,(H,36,43)(H,41,42). The van der Waals surface area contributed by atoms with Gasteiger partial charge in [0.05, 0.1) is 18.2 Å². The van der Waals surface area contributed by atoms with Crippen LogP contribution in [-0.4, -0.2) is 107 Å². The van der Waals surface area contributed by atoms with Crippen LogP contribution in [0.1, 0.15) is 54.7 Å². The molecule has 0 bridgehead atoms. The van der Waals surface area contributed by atoms with Crippen molar-refractivity contribution in [2.24, 2.45) is 0 Å². The van der Waals surface area contributed by atoms with E-state index >= 15 is 0 Å². The molecule has 5 rings (SSSR count). The molecule has 2 aliphatic heterocycles. The number of rotatable bonds is 11. The molecule has 3 aromatic rings. The maximum atomic E-state index is 13.6. The lowest BCUT2D eigenvalue weighted by Crippen LogP contribution is -2.56. The first-order valence-electron chi connectivity index (χ1n) is 15.8. The first kappa shape index (κ1) is 33.2. The Labute approximate surface area is 272 Å². The minimum Gasteiger partial charge on any atom is -0.483 e. The molecule has 2 unspecified atom stereocenters. The third-order valence-corrected chi connectivity index (χ3v) is 8.39. The van der Waals surface area contributed by atoms with Gasteiger partial charge in [-0.15, -0.1) is 0 Å². The summed E-state index contributed by atoms with van der Waals surface area (Å²) < 4.78 is 11.1. The highest BCUT2D eigenvalue weighted by Crippen LogP contribution is 2.32. The largest absolute Gasteiger partial charge is 0.483 e. The maximum Gasteiger partial charge on any atom is 0.409 e. The number of hydrogen-bond donors (Lipinski definition) is 2. The number of para-hydroxylation sites is 1. The van der Waals surface area contributed by atoms with Crippen LogP contribution < -0.4 is 10.1 Å². The molecule has 4 amide bonds. The van der Waals surface area contributed by atoms with Crippen LogP contribution in [0.25, 0.3) is 10.9 Å². The molecule has 0 aliphatic carbocycles. The lowest BCUT2D eigenvalue weighted by molar-refractivity contribution is -0.138. The van der Waals surface area contributed by atoms with Crippen LogP contribution in [0.15, 0.2) is 60.7 Å². The zero-order chi connectivity index (χ0) is 33.3. The van der Waals surface area contributed by atoms with E-state index in [1.54, 1.807) is 31.2 Å². The van der Waals surface area contributed by atoms with Gasteiger partial charge in [0.15, 0.2) is 6.61 Å². The van der Waals surface area contributed by atoms with Crippen molar-refractivity contribution in [1.82, 2.24) is 25.0 Å². The average Bonchev–Trinajstić information content (AvgIpc) is 3.59. The lowest BCUT2D eigenvalue weighted by Gasteiger charge is -2.35. The zero-order valence-electron chi connectivity index (χ0n) is 26.3. The van der Waals surface area contributed by atoms with Crippen LogP contribution in [0.3, 0.4) is 0 Å². The SMILES string of the molecule is CCOC(=O)N1CCN(C(=O)C(CCC(=O)O)NC(=O)c2cc(OCC(=O)N3CCCC3c3ccccc3)c3ccccc3n2)CC1. The molecule has 0 spiro atoms. The Morgan fingerprint density at radius 1 is 0.957 bits per heavy atom. The van der Waals surface area contributed by atoms with E-state index in [1.807, 2.05) is 35.2 Å². The van der Waals surface area contributed by atoms with Crippen LogP contribution in [0.2, 0.25) is 0 Å². The second kappa shape index (κ2) is 15.4. The third kappa shape index (κ3) is 8.15. The van der Waals surface area contributed by atoms with Crippen molar-refractivity contribution in [2.45, 2.75) is 44.7 Å². The minimum atomic E-state index is -1.14. The molecule has 2 aromatic carbocycles. The molecule has 0 radical (unpaired) electrons. The molecule has 248 valence electrons. The molecule has 2 atom stereocenters. The highest BCUT2D eigenvalue weighted by Gasteiger charge is 2.32. The minimum absolute atomic E-state index is 0.0313. The summed E-state index contributed by atoms with van der Waals surface area (Å²) in [5.74, 6) is -2.14. The number of pyridine rings is 1. The Morgan fingerprint density at radius 2 is 1.66 bits per heavy atom. The first-order valence-corrected chi connectivity index (χ1v) is 15.8. The number of carboxylic acids is 1. The van der Waals surface area contributed by atoms with Crippen molar-refractivity contribution in [3.05, 3.63) is 71.9 Å². The number of hydrogen-bond acceptors (Lipinski definition) is 8. The summed E-state index contributed by atoms with van der Waals surface area (Å²) in [6.45, 7) is 3.24. The number of nitrogens with one attached hydrogen (secondary N) is 1. The van der Waals surface area contributed by atoms with Crippen molar-refractivity contribution in [2.75, 3.05) is 45.9 Å². The molecule has 2 N–H and O–H groups in total. The number of benzene rings is 2. The fourth-order valence-electron chi connectivity index (χ4n) is 5.99. The van der Waals surface area contributed by atoms with Crippen LogP contribution in [0.5, 0.6) is 5.75 Å². The molecule has 13 heteroatoms. The van der Waals surface area contributed by atoms with Gasteiger partial charge < -0.3 is 34.6 Å². The Hall–Kier alpha value is -5.20. The van der Waals surface area contributed by atoms with Gasteiger partial charge in [0.1, 0.15) is 17.5 Å². The van der Waals surface area contributed by atoms with E-state index in [9.17, 15) is 29.1 Å². The Balaban J connectivity index is 1.30. The van der Waals surface area contributed by atoms with E-state index in [4.69, 9.17) is 9.47 Å². The molecule has 2 saturated heterocycles. The monoisotopic (exact) mass is 645 g/mol. The Kier molecular flexibility index (Phi) is 10.9. The highest BCUT2D eigenvalue weighted by molar-refractivity contribution is 5.99. The van der Waals surface area contributed by atoms with Crippen molar-refractivity contribution in [1.29, 1.82) is 0 Å². The molecule has 2 aliphatic rings. The van der Waals surface area contributed by atoms with E-state index < -0.39 is 29.9 Å². The zero-order valence-corrected chi connectivity index (χ0v) is 26.3. The van der Waals surface area contributed by atoms with E-state index in [-0.39, 0.29) is 75.6 Å². The summed E-state index contributed by atoms with van der Waals surface area (Å²) in [7, 11) is 0. The van der Waals surface area contributed by atoms with Crippen LogP contribution >= 0.6 is 0 Å². The lowest BCUT2D eigenvalue weighted by atomic mass is 10.0. The van der Waals surface area contributed by atoms with E-state index in [1.165, 1.54) is 15.9 Å². The normalized spacial score (nSPS) is 16.9. The van der Waals surface area contributed by atoms with Gasteiger partial charge in [-0.3, -0.25) is 19.2 Å². The van der Waals surface area contributed by atoms with Crippen LogP contribution in [-0.2, 0) is 19.1 Å². The van der Waals surface area contributed by atoms with E-state index in [2.05, 4.69) is 10.3 Å². The maximum absolute atomic E-state index is 13.6. The number of aromatic nitrogens is 1. The van der Waals surface area contributed by atoms with Gasteiger partial charge >= 0.3 is 12.1 Å². The average molecular weight is 646 g/mol. The topological polar surface area (TPSA) is 159 Å².